The molecule has 2 N–H and O–H groups in total. The van der Waals surface area contributed by atoms with E-state index in [2.05, 4.69) is 15.6 Å². The van der Waals surface area contributed by atoms with Crippen LogP contribution in [0.3, 0.4) is 0 Å². The van der Waals surface area contributed by atoms with Crippen molar-refractivity contribution < 1.29 is 9.59 Å². The fraction of sp³-hybridized carbons (Fsp3) is 0.190. The maximum Gasteiger partial charge on any atom is 0.234 e. The van der Waals surface area contributed by atoms with Crippen LogP contribution in [-0.2, 0) is 22.6 Å². The number of nitrogens with zero attached hydrogens (tertiary/aromatic N) is 1. The molecule has 2 amide bonds. The zero-order chi connectivity index (χ0) is 20.6. The predicted octanol–water partition coefficient (Wildman–Crippen LogP) is 4.69. The first-order valence-electron chi connectivity index (χ1n) is 8.93. The number of aromatic nitrogens is 1. The summed E-state index contributed by atoms with van der Waals surface area (Å²) in [6, 6.07) is 15.0. The van der Waals surface area contributed by atoms with E-state index in [1.807, 2.05) is 48.7 Å². The highest BCUT2D eigenvalue weighted by molar-refractivity contribution is 8.01. The van der Waals surface area contributed by atoms with Gasteiger partial charge in [0.1, 0.15) is 0 Å². The third kappa shape index (κ3) is 7.20. The Labute approximate surface area is 182 Å². The summed E-state index contributed by atoms with van der Waals surface area (Å²) in [5.41, 5.74) is 3.60. The molecule has 0 unspecified atom stereocenters. The second kappa shape index (κ2) is 10.4. The Morgan fingerprint density at radius 3 is 2.52 bits per heavy atom. The van der Waals surface area contributed by atoms with Gasteiger partial charge in [0.05, 0.1) is 17.9 Å². The Morgan fingerprint density at radius 2 is 1.79 bits per heavy atom. The maximum absolute atomic E-state index is 12.1. The van der Waals surface area contributed by atoms with Gasteiger partial charge in [-0.25, -0.2) is 4.98 Å². The summed E-state index contributed by atoms with van der Waals surface area (Å²) in [6.45, 7) is 2.44. The molecule has 0 spiro atoms. The molecule has 0 aliphatic rings. The lowest BCUT2D eigenvalue weighted by Crippen LogP contribution is -2.24. The van der Waals surface area contributed by atoms with Crippen molar-refractivity contribution in [2.75, 3.05) is 11.1 Å². The van der Waals surface area contributed by atoms with E-state index in [0.29, 0.717) is 17.3 Å². The molecule has 1 aromatic heterocycles. The molecule has 0 radical (unpaired) electrons. The van der Waals surface area contributed by atoms with Crippen LogP contribution in [0.15, 0.2) is 58.3 Å². The van der Waals surface area contributed by atoms with E-state index < -0.39 is 0 Å². The van der Waals surface area contributed by atoms with E-state index >= 15 is 0 Å². The number of rotatable bonds is 8. The van der Waals surface area contributed by atoms with E-state index in [4.69, 9.17) is 11.6 Å². The van der Waals surface area contributed by atoms with Crippen molar-refractivity contribution in [3.63, 3.8) is 0 Å². The van der Waals surface area contributed by atoms with Crippen molar-refractivity contribution in [1.29, 1.82) is 0 Å². The SMILES string of the molecule is Cc1ccc(NC(=O)CSc2nc(CC(=O)NCc3ccc(Cl)cc3)cs2)cc1. The Kier molecular flexibility index (Phi) is 7.69. The average Bonchev–Trinajstić information content (AvgIpc) is 3.15. The van der Waals surface area contributed by atoms with Gasteiger partial charge < -0.3 is 10.6 Å². The van der Waals surface area contributed by atoms with Crippen molar-refractivity contribution in [1.82, 2.24) is 10.3 Å². The summed E-state index contributed by atoms with van der Waals surface area (Å²) >= 11 is 8.65. The molecular weight excluding hydrogens is 426 g/mol. The summed E-state index contributed by atoms with van der Waals surface area (Å²) in [5.74, 6) is 0.0825. The van der Waals surface area contributed by atoms with E-state index in [9.17, 15) is 9.59 Å². The summed E-state index contributed by atoms with van der Waals surface area (Å²) in [6.07, 6.45) is 0.209. The molecule has 0 atom stereocenters. The first-order chi connectivity index (χ1) is 14.0. The normalized spacial score (nSPS) is 10.6. The Balaban J connectivity index is 1.41. The number of thiazole rings is 1. The van der Waals surface area contributed by atoms with Crippen LogP contribution in [0.25, 0.3) is 0 Å². The van der Waals surface area contributed by atoms with Gasteiger partial charge in [-0.15, -0.1) is 11.3 Å². The first-order valence-corrected chi connectivity index (χ1v) is 11.2. The lowest BCUT2D eigenvalue weighted by Gasteiger charge is -2.05. The average molecular weight is 446 g/mol. The van der Waals surface area contributed by atoms with Gasteiger partial charge in [0.2, 0.25) is 11.8 Å². The number of carbonyl (C=O) groups is 2. The van der Waals surface area contributed by atoms with Crippen molar-refractivity contribution >= 4 is 52.2 Å². The molecule has 3 aromatic rings. The minimum atomic E-state index is -0.0982. The summed E-state index contributed by atoms with van der Waals surface area (Å²) in [4.78, 5) is 28.6. The van der Waals surface area contributed by atoms with Crippen LogP contribution < -0.4 is 10.6 Å². The molecule has 0 bridgehead atoms. The van der Waals surface area contributed by atoms with Gasteiger partial charge in [-0.05, 0) is 36.8 Å². The molecule has 0 saturated heterocycles. The molecule has 1 heterocycles. The summed E-state index contributed by atoms with van der Waals surface area (Å²) in [5, 5.41) is 8.24. The van der Waals surface area contributed by atoms with Gasteiger partial charge in [-0.3, -0.25) is 9.59 Å². The van der Waals surface area contributed by atoms with Crippen molar-refractivity contribution in [3.8, 4) is 0 Å². The van der Waals surface area contributed by atoms with E-state index in [-0.39, 0.29) is 24.0 Å². The minimum absolute atomic E-state index is 0.0867. The molecular formula is C21H20ClN3O2S2. The van der Waals surface area contributed by atoms with Gasteiger partial charge in [0, 0.05) is 22.6 Å². The number of amides is 2. The molecule has 8 heteroatoms. The molecule has 5 nitrogen and oxygen atoms in total. The third-order valence-electron chi connectivity index (χ3n) is 3.94. The monoisotopic (exact) mass is 445 g/mol. The molecule has 29 heavy (non-hydrogen) atoms. The van der Waals surface area contributed by atoms with Crippen LogP contribution >= 0.6 is 34.7 Å². The van der Waals surface area contributed by atoms with E-state index in [1.54, 1.807) is 12.1 Å². The van der Waals surface area contributed by atoms with E-state index in [1.165, 1.54) is 23.1 Å². The second-order valence-electron chi connectivity index (χ2n) is 6.39. The Hall–Kier alpha value is -2.35. The molecule has 0 saturated carbocycles. The number of anilines is 1. The quantitative estimate of drug-likeness (QED) is 0.493. The Morgan fingerprint density at radius 1 is 1.07 bits per heavy atom. The van der Waals surface area contributed by atoms with Gasteiger partial charge in [0.15, 0.2) is 4.34 Å². The number of benzene rings is 2. The van der Waals surface area contributed by atoms with Gasteiger partial charge in [0.25, 0.3) is 0 Å². The van der Waals surface area contributed by atoms with Gasteiger partial charge in [-0.2, -0.15) is 0 Å². The number of hydrogen-bond donors (Lipinski definition) is 2. The molecule has 3 rings (SSSR count). The topological polar surface area (TPSA) is 71.1 Å². The lowest BCUT2D eigenvalue weighted by molar-refractivity contribution is -0.120. The van der Waals surface area contributed by atoms with E-state index in [0.717, 1.165) is 21.2 Å². The second-order valence-corrected chi connectivity index (χ2v) is 8.90. The maximum atomic E-state index is 12.1. The number of carbonyl (C=O) groups excluding carboxylic acids is 2. The minimum Gasteiger partial charge on any atom is -0.352 e. The van der Waals surface area contributed by atoms with Crippen molar-refractivity contribution in [2.45, 2.75) is 24.2 Å². The zero-order valence-corrected chi connectivity index (χ0v) is 18.2. The highest BCUT2D eigenvalue weighted by Gasteiger charge is 2.10. The highest BCUT2D eigenvalue weighted by Crippen LogP contribution is 2.23. The number of halogens is 1. The number of thioether (sulfide) groups is 1. The Bertz CT molecular complexity index is 972. The van der Waals surface area contributed by atoms with Crippen LogP contribution in [0, 0.1) is 6.92 Å². The van der Waals surface area contributed by atoms with Crippen LogP contribution in [0.5, 0.6) is 0 Å². The third-order valence-corrected chi connectivity index (χ3v) is 6.26. The number of hydrogen-bond acceptors (Lipinski definition) is 5. The lowest BCUT2D eigenvalue weighted by atomic mass is 10.2. The molecule has 0 aliphatic carbocycles. The standard InChI is InChI=1S/C21H20ClN3O2S2/c1-14-2-8-17(9-3-14)24-20(27)13-29-21-25-18(12-28-21)10-19(26)23-11-15-4-6-16(22)7-5-15/h2-9,12H,10-11,13H2,1H3,(H,23,26)(H,24,27). The first kappa shape index (κ1) is 21.4. The van der Waals surface area contributed by atoms with Crippen LogP contribution in [-0.4, -0.2) is 22.6 Å². The van der Waals surface area contributed by atoms with Crippen molar-refractivity contribution in [3.05, 3.63) is 75.8 Å². The molecule has 0 fully saturated rings. The van der Waals surface area contributed by atoms with Gasteiger partial charge in [-0.1, -0.05) is 53.2 Å². The fourth-order valence-corrected chi connectivity index (χ4v) is 4.20. The number of aryl methyl sites for hydroxylation is 1. The molecule has 150 valence electrons. The molecule has 2 aromatic carbocycles. The zero-order valence-electron chi connectivity index (χ0n) is 15.8. The fourth-order valence-electron chi connectivity index (χ4n) is 2.43. The summed E-state index contributed by atoms with van der Waals surface area (Å²) in [7, 11) is 0. The van der Waals surface area contributed by atoms with Gasteiger partial charge >= 0.3 is 0 Å². The van der Waals surface area contributed by atoms with Crippen molar-refractivity contribution in [2.24, 2.45) is 0 Å². The summed E-state index contributed by atoms with van der Waals surface area (Å²) < 4.78 is 0.768. The highest BCUT2D eigenvalue weighted by atomic mass is 35.5. The van der Waals surface area contributed by atoms with Crippen LogP contribution in [0.4, 0.5) is 5.69 Å². The van der Waals surface area contributed by atoms with Crippen LogP contribution in [0.1, 0.15) is 16.8 Å². The largest absolute Gasteiger partial charge is 0.352 e. The van der Waals surface area contributed by atoms with Crippen LogP contribution in [0.2, 0.25) is 5.02 Å². The predicted molar refractivity (Wildman–Crippen MR) is 120 cm³/mol. The smallest absolute Gasteiger partial charge is 0.234 e. The molecule has 0 aliphatic heterocycles. The number of nitrogens with one attached hydrogen (secondary N) is 2.